The molecule has 0 radical (unpaired) electrons. The van der Waals surface area contributed by atoms with Crippen LogP contribution in [0.25, 0.3) is 0 Å². The molecule has 1 fully saturated rings. The lowest BCUT2D eigenvalue weighted by Gasteiger charge is -2.43. The first-order valence-corrected chi connectivity index (χ1v) is 21.9. The molecule has 0 amide bonds. The van der Waals surface area contributed by atoms with E-state index in [1.807, 2.05) is 0 Å². The maximum Gasteiger partial charge on any atom is 0.472 e. The Hall–Kier alpha value is -0.660. The molecule has 0 bridgehead atoms. The Morgan fingerprint density at radius 1 is 0.588 bits per heavy atom. The molecule has 51 heavy (non-hydrogen) atoms. The van der Waals surface area contributed by atoms with Crippen LogP contribution in [0.1, 0.15) is 174 Å². The molecular formula is C38H75O12P. The van der Waals surface area contributed by atoms with E-state index >= 15 is 0 Å². The van der Waals surface area contributed by atoms with Gasteiger partial charge in [-0.3, -0.25) is 13.8 Å². The topological polar surface area (TPSA) is 203 Å². The SMILES string of the molecule is CCCCCCCCCCCCCCCCCCCCCCCCCCCC(=O)OC[C@H](O)COP(=O)(O)O[C@H]1C(O)C(O)[C@H](O)C(O)C1CO. The summed E-state index contributed by atoms with van der Waals surface area (Å²) in [7, 11) is -4.95. The van der Waals surface area contributed by atoms with Crippen LogP contribution in [0.3, 0.4) is 0 Å². The van der Waals surface area contributed by atoms with E-state index in [-0.39, 0.29) is 6.42 Å². The van der Waals surface area contributed by atoms with Gasteiger partial charge in [0.05, 0.1) is 19.3 Å². The summed E-state index contributed by atoms with van der Waals surface area (Å²) in [5, 5.41) is 59.2. The molecule has 0 aromatic rings. The first-order valence-electron chi connectivity index (χ1n) is 20.4. The summed E-state index contributed by atoms with van der Waals surface area (Å²) < 4.78 is 26.9. The molecule has 1 rings (SSSR count). The number of phosphoric acid groups is 1. The Bertz CT molecular complexity index is 880. The summed E-state index contributed by atoms with van der Waals surface area (Å²) in [6.45, 7) is 0.233. The number of carbonyl (C=O) groups excluding carboxylic acids is 1. The molecule has 0 aliphatic heterocycles. The molecule has 0 aromatic carbocycles. The average Bonchev–Trinajstić information content (AvgIpc) is 3.11. The number of hydrogen-bond acceptors (Lipinski definition) is 11. The van der Waals surface area contributed by atoms with Crippen molar-refractivity contribution in [3.63, 3.8) is 0 Å². The molecule has 1 saturated carbocycles. The minimum Gasteiger partial charge on any atom is -0.463 e. The summed E-state index contributed by atoms with van der Waals surface area (Å²) in [5.74, 6) is -1.89. The zero-order chi connectivity index (χ0) is 37.7. The third kappa shape index (κ3) is 23.7. The van der Waals surface area contributed by atoms with Crippen molar-refractivity contribution in [1.29, 1.82) is 0 Å². The van der Waals surface area contributed by atoms with Gasteiger partial charge in [0.25, 0.3) is 0 Å². The highest BCUT2D eigenvalue weighted by molar-refractivity contribution is 7.47. The summed E-state index contributed by atoms with van der Waals surface area (Å²) in [4.78, 5) is 22.0. The zero-order valence-electron chi connectivity index (χ0n) is 31.7. The van der Waals surface area contributed by atoms with E-state index in [2.05, 4.69) is 6.92 Å². The van der Waals surface area contributed by atoms with Crippen LogP contribution in [-0.4, -0.2) is 97.9 Å². The number of carbonyl (C=O) groups is 1. The Kier molecular flexibility index (Phi) is 29.1. The van der Waals surface area contributed by atoms with Gasteiger partial charge in [-0.05, 0) is 6.42 Å². The van der Waals surface area contributed by atoms with Crippen molar-refractivity contribution in [1.82, 2.24) is 0 Å². The Morgan fingerprint density at radius 3 is 1.35 bits per heavy atom. The number of hydrogen-bond donors (Lipinski definition) is 7. The van der Waals surface area contributed by atoms with Crippen molar-refractivity contribution in [3.05, 3.63) is 0 Å². The van der Waals surface area contributed by atoms with Crippen LogP contribution >= 0.6 is 7.82 Å². The van der Waals surface area contributed by atoms with Crippen LogP contribution in [0, 0.1) is 5.92 Å². The number of aliphatic hydroxyl groups excluding tert-OH is 6. The molecule has 0 heterocycles. The van der Waals surface area contributed by atoms with Gasteiger partial charge in [0.2, 0.25) is 0 Å². The van der Waals surface area contributed by atoms with E-state index in [0.29, 0.717) is 6.42 Å². The molecule has 304 valence electrons. The van der Waals surface area contributed by atoms with Gasteiger partial charge in [-0.15, -0.1) is 0 Å². The molecule has 1 aliphatic carbocycles. The molecule has 12 nitrogen and oxygen atoms in total. The van der Waals surface area contributed by atoms with Crippen molar-refractivity contribution in [3.8, 4) is 0 Å². The molecule has 1 aliphatic rings. The van der Waals surface area contributed by atoms with Crippen molar-refractivity contribution >= 4 is 13.8 Å². The highest BCUT2D eigenvalue weighted by Crippen LogP contribution is 2.48. The van der Waals surface area contributed by atoms with E-state index in [0.717, 1.165) is 19.3 Å². The predicted molar refractivity (Wildman–Crippen MR) is 198 cm³/mol. The lowest BCUT2D eigenvalue weighted by atomic mass is 9.79. The second-order valence-electron chi connectivity index (χ2n) is 14.7. The minimum absolute atomic E-state index is 0.201. The van der Waals surface area contributed by atoms with E-state index in [1.54, 1.807) is 0 Å². The quantitative estimate of drug-likeness (QED) is 0.0210. The van der Waals surface area contributed by atoms with Gasteiger partial charge < -0.3 is 40.3 Å². The highest BCUT2D eigenvalue weighted by Gasteiger charge is 2.51. The van der Waals surface area contributed by atoms with Gasteiger partial charge in [0.1, 0.15) is 37.1 Å². The monoisotopic (exact) mass is 754 g/mol. The number of ether oxygens (including phenoxy) is 1. The Labute approximate surface area is 308 Å². The normalized spacial score (nSPS) is 24.0. The minimum atomic E-state index is -4.95. The largest absolute Gasteiger partial charge is 0.472 e. The van der Waals surface area contributed by atoms with Crippen LogP contribution in [0.2, 0.25) is 0 Å². The summed E-state index contributed by atoms with van der Waals surface area (Å²) >= 11 is 0. The molecule has 0 saturated heterocycles. The standard InChI is InChI=1S/C38H75O12P/c1-2-3-4-5-6-7-8-9-10-11-12-13-14-15-16-17-18-19-20-21-22-23-24-25-26-27-33(41)48-29-31(40)30-49-51(46,47)50-38-32(28-39)34(42)35(43)36(44)37(38)45/h31-32,34-40,42-45H,2-30H2,1H3,(H,46,47)/t31-,32?,34?,35+,36?,37?,38+/m0/s1. The maximum atomic E-state index is 12.3. The van der Waals surface area contributed by atoms with Gasteiger partial charge >= 0.3 is 13.8 Å². The first kappa shape index (κ1) is 48.4. The van der Waals surface area contributed by atoms with E-state index < -0.39 is 76.2 Å². The van der Waals surface area contributed by atoms with Gasteiger partial charge in [-0.2, -0.15) is 0 Å². The fourth-order valence-electron chi connectivity index (χ4n) is 6.73. The van der Waals surface area contributed by atoms with Crippen LogP contribution in [0.5, 0.6) is 0 Å². The average molecular weight is 755 g/mol. The number of phosphoric ester groups is 1. The molecule has 7 N–H and O–H groups in total. The maximum absolute atomic E-state index is 12.3. The van der Waals surface area contributed by atoms with Crippen LogP contribution in [-0.2, 0) is 23.1 Å². The lowest BCUT2D eigenvalue weighted by Crippen LogP contribution is -2.62. The Balaban J connectivity index is 1.91. The first-order chi connectivity index (χ1) is 24.5. The molecular weight excluding hydrogens is 679 g/mol. The Morgan fingerprint density at radius 2 is 0.961 bits per heavy atom. The van der Waals surface area contributed by atoms with Crippen LogP contribution < -0.4 is 0 Å². The molecule has 0 aromatic heterocycles. The van der Waals surface area contributed by atoms with Gasteiger partial charge in [0.15, 0.2) is 0 Å². The number of rotatable bonds is 34. The third-order valence-electron chi connectivity index (χ3n) is 10.1. The second kappa shape index (κ2) is 30.6. The van der Waals surface area contributed by atoms with Crippen molar-refractivity contribution in [2.75, 3.05) is 19.8 Å². The molecule has 5 unspecified atom stereocenters. The van der Waals surface area contributed by atoms with Crippen LogP contribution in [0.15, 0.2) is 0 Å². The fraction of sp³-hybridized carbons (Fsp3) is 0.974. The molecule has 0 spiro atoms. The van der Waals surface area contributed by atoms with Crippen LogP contribution in [0.4, 0.5) is 0 Å². The van der Waals surface area contributed by atoms with Crippen molar-refractivity contribution < 1.29 is 58.7 Å². The summed E-state index contributed by atoms with van der Waals surface area (Å²) in [5.41, 5.74) is 0. The van der Waals surface area contributed by atoms with Gasteiger partial charge in [-0.25, -0.2) is 4.57 Å². The van der Waals surface area contributed by atoms with Gasteiger partial charge in [0, 0.05) is 12.3 Å². The number of aliphatic hydroxyl groups is 6. The smallest absolute Gasteiger partial charge is 0.463 e. The lowest BCUT2D eigenvalue weighted by molar-refractivity contribution is -0.206. The second-order valence-corrected chi connectivity index (χ2v) is 16.1. The van der Waals surface area contributed by atoms with Crippen molar-refractivity contribution in [2.24, 2.45) is 5.92 Å². The summed E-state index contributed by atoms with van der Waals surface area (Å²) in [6, 6.07) is 0. The van der Waals surface area contributed by atoms with Crippen molar-refractivity contribution in [2.45, 2.75) is 210 Å². The van der Waals surface area contributed by atoms with Gasteiger partial charge in [-0.1, -0.05) is 161 Å². The number of esters is 1. The van der Waals surface area contributed by atoms with E-state index in [1.165, 1.54) is 135 Å². The predicted octanol–water partition coefficient (Wildman–Crippen LogP) is 6.62. The molecule has 8 atom stereocenters. The third-order valence-corrected chi connectivity index (χ3v) is 11.0. The van der Waals surface area contributed by atoms with E-state index in [4.69, 9.17) is 13.8 Å². The van der Waals surface area contributed by atoms with E-state index in [9.17, 15) is 44.9 Å². The fourth-order valence-corrected chi connectivity index (χ4v) is 7.74. The number of unbranched alkanes of at least 4 members (excludes halogenated alkanes) is 24. The summed E-state index contributed by atoms with van der Waals surface area (Å²) in [6.07, 6.45) is 22.3. The zero-order valence-corrected chi connectivity index (χ0v) is 32.6. The molecule has 13 heteroatoms. The highest BCUT2D eigenvalue weighted by atomic mass is 31.2.